The Bertz CT molecular complexity index is 418. The first-order chi connectivity index (χ1) is 8.08. The molecule has 0 unspecified atom stereocenters. The van der Waals surface area contributed by atoms with E-state index in [1.54, 1.807) is 0 Å². The molecule has 1 rings (SSSR count). The first kappa shape index (κ1) is 14.6. The lowest BCUT2D eigenvalue weighted by atomic mass is 10.1. The molecule has 0 aromatic heterocycles. The molecular weight excluding hydrogens is 302 g/mol. The number of ether oxygens (including phenoxy) is 1. The zero-order chi connectivity index (χ0) is 12.8. The standard InChI is InChI=1S/C13H17BrClNO/c1-9(7-15)8-17-13-10(2)5-12(14)6-11(13)3-4-16/h5-7H,3-4,8,16H2,1-2H3. The Hall–Kier alpha value is -0.510. The second-order valence-corrected chi connectivity index (χ2v) is 5.13. The summed E-state index contributed by atoms with van der Waals surface area (Å²) < 4.78 is 6.85. The van der Waals surface area contributed by atoms with E-state index >= 15 is 0 Å². The van der Waals surface area contributed by atoms with Crippen LogP contribution in [0.3, 0.4) is 0 Å². The maximum absolute atomic E-state index is 5.80. The largest absolute Gasteiger partial charge is 0.489 e. The first-order valence-corrected chi connectivity index (χ1v) is 6.69. The average molecular weight is 319 g/mol. The van der Waals surface area contributed by atoms with Gasteiger partial charge in [-0.3, -0.25) is 0 Å². The van der Waals surface area contributed by atoms with Crippen molar-refractivity contribution in [1.82, 2.24) is 0 Å². The van der Waals surface area contributed by atoms with Crippen LogP contribution in [0.15, 0.2) is 27.7 Å². The Morgan fingerprint density at radius 1 is 1.53 bits per heavy atom. The van der Waals surface area contributed by atoms with Crippen molar-refractivity contribution in [3.8, 4) is 5.75 Å². The van der Waals surface area contributed by atoms with Gasteiger partial charge in [-0.1, -0.05) is 27.5 Å². The molecule has 0 aliphatic rings. The van der Waals surface area contributed by atoms with Gasteiger partial charge < -0.3 is 10.5 Å². The molecule has 0 radical (unpaired) electrons. The number of benzene rings is 1. The van der Waals surface area contributed by atoms with Gasteiger partial charge in [-0.25, -0.2) is 0 Å². The third-order valence-electron chi connectivity index (χ3n) is 2.36. The fraction of sp³-hybridized carbons (Fsp3) is 0.385. The van der Waals surface area contributed by atoms with E-state index in [2.05, 4.69) is 22.0 Å². The molecule has 1 aromatic carbocycles. The molecule has 0 aliphatic heterocycles. The number of rotatable bonds is 5. The molecule has 0 bridgehead atoms. The highest BCUT2D eigenvalue weighted by molar-refractivity contribution is 9.10. The van der Waals surface area contributed by atoms with Crippen LogP contribution in [0.4, 0.5) is 0 Å². The lowest BCUT2D eigenvalue weighted by molar-refractivity contribution is 0.346. The lowest BCUT2D eigenvalue weighted by Crippen LogP contribution is -2.07. The Morgan fingerprint density at radius 2 is 2.24 bits per heavy atom. The van der Waals surface area contributed by atoms with Crippen LogP contribution in [-0.2, 0) is 6.42 Å². The van der Waals surface area contributed by atoms with E-state index < -0.39 is 0 Å². The van der Waals surface area contributed by atoms with Crippen molar-refractivity contribution in [1.29, 1.82) is 0 Å². The van der Waals surface area contributed by atoms with Crippen LogP contribution in [0.1, 0.15) is 18.1 Å². The summed E-state index contributed by atoms with van der Waals surface area (Å²) in [5.74, 6) is 0.913. The molecular formula is C13H17BrClNO. The molecule has 0 amide bonds. The highest BCUT2D eigenvalue weighted by Crippen LogP contribution is 2.28. The molecule has 94 valence electrons. The van der Waals surface area contributed by atoms with Crippen LogP contribution in [0.5, 0.6) is 5.75 Å². The van der Waals surface area contributed by atoms with Gasteiger partial charge in [0.05, 0.1) is 0 Å². The summed E-state index contributed by atoms with van der Waals surface area (Å²) in [6.45, 7) is 5.07. The molecule has 0 fully saturated rings. The minimum absolute atomic E-state index is 0.504. The van der Waals surface area contributed by atoms with E-state index in [9.17, 15) is 0 Å². The zero-order valence-corrected chi connectivity index (χ0v) is 12.4. The fourth-order valence-electron chi connectivity index (χ4n) is 1.56. The molecule has 0 heterocycles. The summed E-state index contributed by atoms with van der Waals surface area (Å²) in [4.78, 5) is 0. The van der Waals surface area contributed by atoms with Crippen molar-refractivity contribution in [3.63, 3.8) is 0 Å². The van der Waals surface area contributed by atoms with Crippen LogP contribution in [0.25, 0.3) is 0 Å². The SMILES string of the molecule is CC(=CCl)COc1c(C)cc(Br)cc1CCN. The summed E-state index contributed by atoms with van der Waals surface area (Å²) in [5.41, 5.74) is 10.4. The number of hydrogen-bond donors (Lipinski definition) is 1. The lowest BCUT2D eigenvalue weighted by Gasteiger charge is -2.14. The van der Waals surface area contributed by atoms with Gasteiger partial charge in [-0.2, -0.15) is 0 Å². The summed E-state index contributed by atoms with van der Waals surface area (Å²) in [5, 5.41) is 0. The monoisotopic (exact) mass is 317 g/mol. The van der Waals surface area contributed by atoms with E-state index in [0.29, 0.717) is 13.2 Å². The predicted octanol–water partition coefficient (Wildman–Crippen LogP) is 3.78. The van der Waals surface area contributed by atoms with Crippen molar-refractivity contribution in [2.75, 3.05) is 13.2 Å². The molecule has 0 saturated heterocycles. The van der Waals surface area contributed by atoms with E-state index in [1.165, 1.54) is 5.54 Å². The smallest absolute Gasteiger partial charge is 0.126 e. The molecule has 0 atom stereocenters. The summed E-state index contributed by atoms with van der Waals surface area (Å²) in [6, 6.07) is 4.09. The second-order valence-electron chi connectivity index (χ2n) is 3.99. The fourth-order valence-corrected chi connectivity index (χ4v) is 2.25. The third kappa shape index (κ3) is 4.34. The summed E-state index contributed by atoms with van der Waals surface area (Å²) in [6.07, 6.45) is 0.805. The van der Waals surface area contributed by atoms with Crippen molar-refractivity contribution in [2.24, 2.45) is 5.73 Å². The third-order valence-corrected chi connectivity index (χ3v) is 3.19. The van der Waals surface area contributed by atoms with E-state index in [-0.39, 0.29) is 0 Å². The second kappa shape index (κ2) is 7.04. The highest BCUT2D eigenvalue weighted by Gasteiger charge is 2.08. The van der Waals surface area contributed by atoms with Gasteiger partial charge in [0.15, 0.2) is 0 Å². The van der Waals surface area contributed by atoms with Crippen LogP contribution < -0.4 is 10.5 Å². The number of nitrogens with two attached hydrogens (primary N) is 1. The average Bonchev–Trinajstić information content (AvgIpc) is 2.27. The van der Waals surface area contributed by atoms with Crippen LogP contribution >= 0.6 is 27.5 Å². The molecule has 17 heavy (non-hydrogen) atoms. The van der Waals surface area contributed by atoms with Crippen molar-refractivity contribution in [3.05, 3.63) is 38.8 Å². The number of hydrogen-bond acceptors (Lipinski definition) is 2. The van der Waals surface area contributed by atoms with Gasteiger partial charge in [0.1, 0.15) is 12.4 Å². The van der Waals surface area contributed by atoms with E-state index in [0.717, 1.165) is 33.3 Å². The van der Waals surface area contributed by atoms with Gasteiger partial charge in [-0.05, 0) is 55.6 Å². The first-order valence-electron chi connectivity index (χ1n) is 5.46. The maximum Gasteiger partial charge on any atom is 0.126 e. The van der Waals surface area contributed by atoms with Gasteiger partial charge in [0.2, 0.25) is 0 Å². The Morgan fingerprint density at radius 3 is 2.82 bits per heavy atom. The summed E-state index contributed by atoms with van der Waals surface area (Å²) >= 11 is 9.10. The minimum Gasteiger partial charge on any atom is -0.489 e. The Kier molecular flexibility index (Phi) is 6.03. The van der Waals surface area contributed by atoms with Gasteiger partial charge in [-0.15, -0.1) is 0 Å². The van der Waals surface area contributed by atoms with Crippen LogP contribution in [0.2, 0.25) is 0 Å². The highest BCUT2D eigenvalue weighted by atomic mass is 79.9. The number of halogens is 2. The van der Waals surface area contributed by atoms with Gasteiger partial charge in [0, 0.05) is 10.0 Å². The molecule has 2 nitrogen and oxygen atoms in total. The van der Waals surface area contributed by atoms with Crippen LogP contribution in [-0.4, -0.2) is 13.2 Å². The van der Waals surface area contributed by atoms with Crippen LogP contribution in [0, 0.1) is 6.92 Å². The van der Waals surface area contributed by atoms with Crippen molar-refractivity contribution in [2.45, 2.75) is 20.3 Å². The van der Waals surface area contributed by atoms with Gasteiger partial charge >= 0.3 is 0 Å². The molecule has 1 aromatic rings. The van der Waals surface area contributed by atoms with E-state index in [4.69, 9.17) is 22.1 Å². The minimum atomic E-state index is 0.504. The number of aryl methyl sites for hydroxylation is 1. The maximum atomic E-state index is 5.80. The Labute approximate surface area is 116 Å². The molecule has 2 N–H and O–H groups in total. The summed E-state index contributed by atoms with van der Waals surface area (Å²) in [7, 11) is 0. The van der Waals surface area contributed by atoms with Crippen molar-refractivity contribution >= 4 is 27.5 Å². The quantitative estimate of drug-likeness (QED) is 0.896. The topological polar surface area (TPSA) is 35.2 Å². The van der Waals surface area contributed by atoms with Gasteiger partial charge in [0.25, 0.3) is 0 Å². The molecule has 0 aliphatic carbocycles. The normalized spacial score (nSPS) is 11.7. The molecule has 0 saturated carbocycles. The molecule has 4 heteroatoms. The van der Waals surface area contributed by atoms with Crippen molar-refractivity contribution < 1.29 is 4.74 Å². The Balaban J connectivity index is 2.95. The predicted molar refractivity (Wildman–Crippen MR) is 76.7 cm³/mol. The zero-order valence-electron chi connectivity index (χ0n) is 10.1. The molecule has 0 spiro atoms. The van der Waals surface area contributed by atoms with E-state index in [1.807, 2.05) is 19.9 Å².